The summed E-state index contributed by atoms with van der Waals surface area (Å²) >= 11 is 1.20. The van der Waals surface area contributed by atoms with Gasteiger partial charge in [0, 0.05) is 13.6 Å². The van der Waals surface area contributed by atoms with Gasteiger partial charge in [-0.15, -0.1) is 0 Å². The molecule has 1 amide bonds. The summed E-state index contributed by atoms with van der Waals surface area (Å²) in [5.41, 5.74) is 0.413. The van der Waals surface area contributed by atoms with Crippen molar-refractivity contribution in [1.29, 1.82) is 5.26 Å². The molecule has 27 heavy (non-hydrogen) atoms. The maximum atomic E-state index is 12.9. The summed E-state index contributed by atoms with van der Waals surface area (Å²) in [6.07, 6.45) is 1.83. The first kappa shape index (κ1) is 18.7. The number of rotatable bonds is 7. The highest BCUT2D eigenvalue weighted by molar-refractivity contribution is 7.99. The number of benzene rings is 1. The molecule has 1 aromatic carbocycles. The van der Waals surface area contributed by atoms with Crippen LogP contribution in [0.15, 0.2) is 57.0 Å². The molecule has 7 nitrogen and oxygen atoms in total. The van der Waals surface area contributed by atoms with E-state index in [-0.39, 0.29) is 30.2 Å². The molecule has 0 bridgehead atoms. The predicted molar refractivity (Wildman–Crippen MR) is 102 cm³/mol. The Hall–Kier alpha value is -3.05. The summed E-state index contributed by atoms with van der Waals surface area (Å²) in [6, 6.07) is 12.7. The van der Waals surface area contributed by atoms with Crippen molar-refractivity contribution in [2.75, 3.05) is 19.3 Å². The number of carbonyl (C=O) groups excluding carboxylic acids is 1. The molecule has 0 aliphatic heterocycles. The van der Waals surface area contributed by atoms with Gasteiger partial charge in [0.15, 0.2) is 5.16 Å². The average molecular weight is 382 g/mol. The topological polar surface area (TPSA) is 92.1 Å². The minimum atomic E-state index is -0.176. The van der Waals surface area contributed by atoms with Gasteiger partial charge in [-0.1, -0.05) is 23.9 Å². The Balaban J connectivity index is 1.89. The van der Waals surface area contributed by atoms with Gasteiger partial charge in [0.05, 0.1) is 42.0 Å². The van der Waals surface area contributed by atoms with E-state index in [0.29, 0.717) is 28.4 Å². The highest BCUT2D eigenvalue weighted by Crippen LogP contribution is 2.19. The van der Waals surface area contributed by atoms with Crippen LogP contribution in [-0.4, -0.2) is 39.7 Å². The highest BCUT2D eigenvalue weighted by atomic mass is 32.2. The molecule has 0 saturated heterocycles. The molecule has 0 radical (unpaired) electrons. The zero-order valence-corrected chi connectivity index (χ0v) is 15.6. The van der Waals surface area contributed by atoms with E-state index in [2.05, 4.69) is 4.98 Å². The van der Waals surface area contributed by atoms with E-state index >= 15 is 0 Å². The molecule has 0 saturated carbocycles. The molecule has 0 spiro atoms. The second-order valence-electron chi connectivity index (χ2n) is 5.89. The van der Waals surface area contributed by atoms with Gasteiger partial charge in [-0.3, -0.25) is 14.2 Å². The number of hydrogen-bond donors (Lipinski definition) is 0. The van der Waals surface area contributed by atoms with Gasteiger partial charge in [0.25, 0.3) is 5.56 Å². The number of thioether (sulfide) groups is 1. The van der Waals surface area contributed by atoms with E-state index < -0.39 is 0 Å². The zero-order chi connectivity index (χ0) is 19.2. The third kappa shape index (κ3) is 4.38. The molecule has 3 rings (SSSR count). The Morgan fingerprint density at radius 1 is 1.33 bits per heavy atom. The van der Waals surface area contributed by atoms with Gasteiger partial charge in [-0.25, -0.2) is 4.98 Å². The Kier molecular flexibility index (Phi) is 5.94. The zero-order valence-electron chi connectivity index (χ0n) is 14.8. The molecule has 0 unspecified atom stereocenters. The molecule has 0 aliphatic carbocycles. The van der Waals surface area contributed by atoms with Gasteiger partial charge in [0.2, 0.25) is 5.91 Å². The summed E-state index contributed by atoms with van der Waals surface area (Å²) in [4.78, 5) is 31.3. The monoisotopic (exact) mass is 382 g/mol. The standard InChI is InChI=1S/C19H18N4O3S/c1-22(10-5-9-20)17(24)13-27-19-21-16-8-3-2-7-15(16)18(25)23(19)12-14-6-4-11-26-14/h2-4,6-8,11H,5,10,12-13H2,1H3. The number of nitriles is 1. The number of amides is 1. The van der Waals surface area contributed by atoms with Crippen LogP contribution in [0.2, 0.25) is 0 Å². The van der Waals surface area contributed by atoms with E-state index in [0.717, 1.165) is 0 Å². The highest BCUT2D eigenvalue weighted by Gasteiger charge is 2.16. The number of hydrogen-bond acceptors (Lipinski definition) is 6. The number of nitrogens with zero attached hydrogens (tertiary/aromatic N) is 4. The minimum Gasteiger partial charge on any atom is -0.467 e. The molecular formula is C19H18N4O3S. The number of furan rings is 1. The lowest BCUT2D eigenvalue weighted by Crippen LogP contribution is -2.30. The van der Waals surface area contributed by atoms with Crippen LogP contribution in [-0.2, 0) is 11.3 Å². The normalized spacial score (nSPS) is 10.7. The van der Waals surface area contributed by atoms with Gasteiger partial charge >= 0.3 is 0 Å². The summed E-state index contributed by atoms with van der Waals surface area (Å²) in [7, 11) is 1.66. The van der Waals surface area contributed by atoms with Crippen LogP contribution in [0.4, 0.5) is 0 Å². The van der Waals surface area contributed by atoms with E-state index in [1.54, 1.807) is 43.6 Å². The van der Waals surface area contributed by atoms with Crippen LogP contribution in [0.5, 0.6) is 0 Å². The Morgan fingerprint density at radius 2 is 2.15 bits per heavy atom. The van der Waals surface area contributed by atoms with Crippen LogP contribution in [0.3, 0.4) is 0 Å². The van der Waals surface area contributed by atoms with Crippen molar-refractivity contribution in [1.82, 2.24) is 14.5 Å². The number of para-hydroxylation sites is 1. The van der Waals surface area contributed by atoms with E-state index in [1.807, 2.05) is 12.1 Å². The van der Waals surface area contributed by atoms with Crippen LogP contribution in [0.25, 0.3) is 10.9 Å². The summed E-state index contributed by atoms with van der Waals surface area (Å²) in [5.74, 6) is 0.640. The maximum absolute atomic E-state index is 12.9. The third-order valence-electron chi connectivity index (χ3n) is 4.03. The first-order valence-corrected chi connectivity index (χ1v) is 9.34. The molecule has 0 aliphatic rings. The lowest BCUT2D eigenvalue weighted by Gasteiger charge is -2.16. The molecule has 138 valence electrons. The molecule has 2 heterocycles. The number of carbonyl (C=O) groups is 1. The maximum Gasteiger partial charge on any atom is 0.262 e. The Bertz CT molecular complexity index is 1040. The van der Waals surface area contributed by atoms with Gasteiger partial charge in [0.1, 0.15) is 5.76 Å². The van der Waals surface area contributed by atoms with Crippen LogP contribution >= 0.6 is 11.8 Å². The molecule has 0 atom stereocenters. The van der Waals surface area contributed by atoms with E-state index in [4.69, 9.17) is 9.68 Å². The number of aromatic nitrogens is 2. The summed E-state index contributed by atoms with van der Waals surface area (Å²) < 4.78 is 6.89. The van der Waals surface area contributed by atoms with Gasteiger partial charge in [-0.2, -0.15) is 5.26 Å². The van der Waals surface area contributed by atoms with Crippen molar-refractivity contribution in [3.63, 3.8) is 0 Å². The first-order chi connectivity index (χ1) is 13.1. The predicted octanol–water partition coefficient (Wildman–Crippen LogP) is 2.50. The first-order valence-electron chi connectivity index (χ1n) is 8.36. The number of fused-ring (bicyclic) bond motifs is 1. The van der Waals surface area contributed by atoms with Crippen molar-refractivity contribution in [3.05, 3.63) is 58.8 Å². The second kappa shape index (κ2) is 8.56. The third-order valence-corrected chi connectivity index (χ3v) is 4.99. The van der Waals surface area contributed by atoms with Gasteiger partial charge < -0.3 is 9.32 Å². The largest absolute Gasteiger partial charge is 0.467 e. The van der Waals surface area contributed by atoms with Crippen molar-refractivity contribution >= 4 is 28.6 Å². The molecule has 0 fully saturated rings. The van der Waals surface area contributed by atoms with Crippen molar-refractivity contribution in [2.45, 2.75) is 18.1 Å². The Morgan fingerprint density at radius 3 is 2.89 bits per heavy atom. The van der Waals surface area contributed by atoms with Crippen LogP contribution in [0, 0.1) is 11.3 Å². The summed E-state index contributed by atoms with van der Waals surface area (Å²) in [6.45, 7) is 0.616. The lowest BCUT2D eigenvalue weighted by atomic mass is 10.2. The van der Waals surface area contributed by atoms with Crippen LogP contribution in [0.1, 0.15) is 12.2 Å². The van der Waals surface area contributed by atoms with Crippen molar-refractivity contribution < 1.29 is 9.21 Å². The fourth-order valence-corrected chi connectivity index (χ4v) is 3.47. The van der Waals surface area contributed by atoms with Crippen molar-refractivity contribution in [3.8, 4) is 6.07 Å². The lowest BCUT2D eigenvalue weighted by molar-refractivity contribution is -0.127. The molecule has 2 aromatic heterocycles. The molecule has 3 aromatic rings. The van der Waals surface area contributed by atoms with Crippen LogP contribution < -0.4 is 5.56 Å². The van der Waals surface area contributed by atoms with Crippen molar-refractivity contribution in [2.24, 2.45) is 0 Å². The Labute approximate surface area is 160 Å². The fraction of sp³-hybridized carbons (Fsp3) is 0.263. The quantitative estimate of drug-likeness (QED) is 0.460. The van der Waals surface area contributed by atoms with E-state index in [1.165, 1.54) is 21.2 Å². The van der Waals surface area contributed by atoms with E-state index in [9.17, 15) is 9.59 Å². The SMILES string of the molecule is CN(CCC#N)C(=O)CSc1nc2ccccc2c(=O)n1Cc1ccco1. The smallest absolute Gasteiger partial charge is 0.262 e. The fourth-order valence-electron chi connectivity index (χ4n) is 2.53. The average Bonchev–Trinajstić information content (AvgIpc) is 3.20. The molecule has 8 heteroatoms. The molecule has 0 N–H and O–H groups in total. The summed E-state index contributed by atoms with van der Waals surface area (Å²) in [5, 5.41) is 9.62. The minimum absolute atomic E-state index is 0.123. The second-order valence-corrected chi connectivity index (χ2v) is 6.84. The van der Waals surface area contributed by atoms with Gasteiger partial charge in [-0.05, 0) is 24.3 Å². The molecular weight excluding hydrogens is 364 g/mol.